The van der Waals surface area contributed by atoms with Gasteiger partial charge in [0.2, 0.25) is 0 Å². The third-order valence-corrected chi connectivity index (χ3v) is 4.66. The van der Waals surface area contributed by atoms with Gasteiger partial charge in [0.25, 0.3) is 0 Å². The first kappa shape index (κ1) is 15.0. The third-order valence-electron chi connectivity index (χ3n) is 3.25. The largest absolute Gasteiger partial charge is 0.496 e. The summed E-state index contributed by atoms with van der Waals surface area (Å²) in [5, 5.41) is 1.18. The van der Waals surface area contributed by atoms with Crippen LogP contribution in [-0.4, -0.2) is 18.6 Å². The molecule has 0 amide bonds. The Kier molecular flexibility index (Phi) is 4.78. The van der Waals surface area contributed by atoms with Crippen molar-refractivity contribution in [3.8, 4) is 17.0 Å². The minimum absolute atomic E-state index is 0.449. The lowest BCUT2D eigenvalue weighted by molar-refractivity contribution is 0.412. The van der Waals surface area contributed by atoms with E-state index in [2.05, 4.69) is 32.9 Å². The van der Waals surface area contributed by atoms with Crippen molar-refractivity contribution in [3.05, 3.63) is 33.6 Å². The Morgan fingerprint density at radius 1 is 1.35 bits per heavy atom. The summed E-state index contributed by atoms with van der Waals surface area (Å²) < 4.78 is 5.32. The minimum atomic E-state index is 0.449. The van der Waals surface area contributed by atoms with Crippen LogP contribution in [0.15, 0.2) is 18.2 Å². The van der Waals surface area contributed by atoms with Gasteiger partial charge in [0.1, 0.15) is 5.75 Å². The fourth-order valence-corrected chi connectivity index (χ4v) is 3.27. The van der Waals surface area contributed by atoms with Gasteiger partial charge in [0, 0.05) is 16.4 Å². The first-order valence-electron chi connectivity index (χ1n) is 6.91. The molecule has 1 aromatic carbocycles. The van der Waals surface area contributed by atoms with E-state index in [0.29, 0.717) is 12.5 Å². The summed E-state index contributed by atoms with van der Waals surface area (Å²) in [7, 11) is 1.70. The highest BCUT2D eigenvalue weighted by molar-refractivity contribution is 7.12. The molecule has 0 aliphatic heterocycles. The molecule has 3 nitrogen and oxygen atoms in total. The second-order valence-electron chi connectivity index (χ2n) is 5.20. The maximum absolute atomic E-state index is 5.73. The smallest absolute Gasteiger partial charge is 0.121 e. The lowest BCUT2D eigenvalue weighted by Gasteiger charge is -2.07. The highest BCUT2D eigenvalue weighted by atomic mass is 32.1. The predicted molar refractivity (Wildman–Crippen MR) is 85.7 cm³/mol. The molecule has 0 bridgehead atoms. The standard InChI is InChI=1S/C16H22N2OS/c1-10(2)16-18-15(14(20-16)7-8-17)12-5-6-13(19-4)11(3)9-12/h5-6,9-10H,7-8,17H2,1-4H3. The average Bonchev–Trinajstić information content (AvgIpc) is 2.83. The quantitative estimate of drug-likeness (QED) is 0.912. The average molecular weight is 290 g/mol. The molecule has 2 rings (SSSR count). The Balaban J connectivity index is 2.47. The number of methoxy groups -OCH3 is 1. The molecule has 0 unspecified atom stereocenters. The Hall–Kier alpha value is -1.39. The molecule has 2 aromatic rings. The van der Waals surface area contributed by atoms with Gasteiger partial charge >= 0.3 is 0 Å². The van der Waals surface area contributed by atoms with Crippen molar-refractivity contribution in [2.24, 2.45) is 5.73 Å². The monoisotopic (exact) mass is 290 g/mol. The summed E-state index contributed by atoms with van der Waals surface area (Å²) >= 11 is 1.78. The molecule has 0 atom stereocenters. The summed E-state index contributed by atoms with van der Waals surface area (Å²) in [5.74, 6) is 1.36. The molecule has 108 valence electrons. The first-order valence-corrected chi connectivity index (χ1v) is 7.73. The number of rotatable bonds is 5. The van der Waals surface area contributed by atoms with Crippen molar-refractivity contribution in [3.63, 3.8) is 0 Å². The highest BCUT2D eigenvalue weighted by Crippen LogP contribution is 2.33. The number of nitrogens with zero attached hydrogens (tertiary/aromatic N) is 1. The fraction of sp³-hybridized carbons (Fsp3) is 0.438. The lowest BCUT2D eigenvalue weighted by Crippen LogP contribution is -2.02. The van der Waals surface area contributed by atoms with Gasteiger partial charge in [0.05, 0.1) is 17.8 Å². The molecule has 0 radical (unpaired) electrons. The molecule has 1 aromatic heterocycles. The van der Waals surface area contributed by atoms with E-state index in [1.807, 2.05) is 6.07 Å². The van der Waals surface area contributed by atoms with E-state index in [1.54, 1.807) is 18.4 Å². The van der Waals surface area contributed by atoms with Crippen molar-refractivity contribution in [2.75, 3.05) is 13.7 Å². The zero-order valence-corrected chi connectivity index (χ0v) is 13.4. The summed E-state index contributed by atoms with van der Waals surface area (Å²) in [6.07, 6.45) is 0.880. The van der Waals surface area contributed by atoms with Crippen LogP contribution < -0.4 is 10.5 Å². The predicted octanol–water partition coefficient (Wildman–Crippen LogP) is 3.75. The number of benzene rings is 1. The van der Waals surface area contributed by atoms with Gasteiger partial charge in [-0.25, -0.2) is 4.98 Å². The SMILES string of the molecule is COc1ccc(-c2nc(C(C)C)sc2CCN)cc1C. The Morgan fingerprint density at radius 2 is 2.10 bits per heavy atom. The number of ether oxygens (including phenoxy) is 1. The lowest BCUT2D eigenvalue weighted by atomic mass is 10.1. The zero-order valence-electron chi connectivity index (χ0n) is 12.6. The van der Waals surface area contributed by atoms with E-state index >= 15 is 0 Å². The topological polar surface area (TPSA) is 48.1 Å². The second-order valence-corrected chi connectivity index (χ2v) is 6.32. The summed E-state index contributed by atoms with van der Waals surface area (Å²) in [6, 6.07) is 6.22. The van der Waals surface area contributed by atoms with E-state index in [1.165, 1.54) is 9.88 Å². The molecule has 2 N–H and O–H groups in total. The van der Waals surface area contributed by atoms with Gasteiger partial charge in [-0.15, -0.1) is 11.3 Å². The highest BCUT2D eigenvalue weighted by Gasteiger charge is 2.15. The van der Waals surface area contributed by atoms with Crippen LogP contribution in [0.25, 0.3) is 11.3 Å². The van der Waals surface area contributed by atoms with E-state index in [9.17, 15) is 0 Å². The van der Waals surface area contributed by atoms with Crippen LogP contribution in [0.3, 0.4) is 0 Å². The van der Waals surface area contributed by atoms with E-state index in [-0.39, 0.29) is 0 Å². The van der Waals surface area contributed by atoms with Crippen molar-refractivity contribution < 1.29 is 4.74 Å². The van der Waals surface area contributed by atoms with Crippen LogP contribution in [0, 0.1) is 6.92 Å². The van der Waals surface area contributed by atoms with Gasteiger partial charge in [-0.2, -0.15) is 0 Å². The van der Waals surface area contributed by atoms with E-state index in [4.69, 9.17) is 15.5 Å². The van der Waals surface area contributed by atoms with Crippen LogP contribution >= 0.6 is 11.3 Å². The van der Waals surface area contributed by atoms with Crippen LogP contribution in [0.5, 0.6) is 5.75 Å². The molecular weight excluding hydrogens is 268 g/mol. The normalized spacial score (nSPS) is 11.1. The van der Waals surface area contributed by atoms with E-state index < -0.39 is 0 Å². The van der Waals surface area contributed by atoms with Crippen LogP contribution in [-0.2, 0) is 6.42 Å². The molecule has 0 aliphatic carbocycles. The fourth-order valence-electron chi connectivity index (χ4n) is 2.17. The van der Waals surface area contributed by atoms with Crippen molar-refractivity contribution in [1.82, 2.24) is 4.98 Å². The Morgan fingerprint density at radius 3 is 2.65 bits per heavy atom. The molecule has 0 saturated heterocycles. The number of nitrogens with two attached hydrogens (primary N) is 1. The number of aromatic nitrogens is 1. The van der Waals surface area contributed by atoms with Crippen molar-refractivity contribution in [2.45, 2.75) is 33.1 Å². The molecule has 0 saturated carbocycles. The summed E-state index contributed by atoms with van der Waals surface area (Å²) in [6.45, 7) is 7.06. The summed E-state index contributed by atoms with van der Waals surface area (Å²) in [4.78, 5) is 6.10. The molecular formula is C16H22N2OS. The molecule has 1 heterocycles. The zero-order chi connectivity index (χ0) is 14.7. The first-order chi connectivity index (χ1) is 9.56. The third kappa shape index (κ3) is 3.02. The van der Waals surface area contributed by atoms with Gasteiger partial charge in [-0.05, 0) is 43.7 Å². The molecule has 0 spiro atoms. The van der Waals surface area contributed by atoms with Gasteiger partial charge in [-0.3, -0.25) is 0 Å². The van der Waals surface area contributed by atoms with Crippen molar-refractivity contribution >= 4 is 11.3 Å². The number of hydrogen-bond acceptors (Lipinski definition) is 4. The van der Waals surface area contributed by atoms with E-state index in [0.717, 1.165) is 29.0 Å². The summed E-state index contributed by atoms with van der Waals surface area (Å²) in [5.41, 5.74) is 9.08. The van der Waals surface area contributed by atoms with Gasteiger partial charge < -0.3 is 10.5 Å². The number of aryl methyl sites for hydroxylation is 1. The van der Waals surface area contributed by atoms with Crippen LogP contribution in [0.4, 0.5) is 0 Å². The molecule has 0 fully saturated rings. The Labute approximate surface area is 124 Å². The maximum atomic E-state index is 5.73. The Bertz CT molecular complexity index is 590. The van der Waals surface area contributed by atoms with Crippen molar-refractivity contribution in [1.29, 1.82) is 0 Å². The second kappa shape index (κ2) is 6.37. The maximum Gasteiger partial charge on any atom is 0.121 e. The molecule has 20 heavy (non-hydrogen) atoms. The van der Waals surface area contributed by atoms with Crippen LogP contribution in [0.1, 0.15) is 35.2 Å². The number of thiazole rings is 1. The minimum Gasteiger partial charge on any atom is -0.496 e. The van der Waals surface area contributed by atoms with Gasteiger partial charge in [0.15, 0.2) is 0 Å². The number of hydrogen-bond donors (Lipinski definition) is 1. The molecule has 4 heteroatoms. The van der Waals surface area contributed by atoms with Gasteiger partial charge in [-0.1, -0.05) is 13.8 Å². The molecule has 0 aliphatic rings. The van der Waals surface area contributed by atoms with Crippen LogP contribution in [0.2, 0.25) is 0 Å².